The van der Waals surface area contributed by atoms with Crippen LogP contribution in [0.15, 0.2) is 18.5 Å². The van der Waals surface area contributed by atoms with Crippen LogP contribution in [0.2, 0.25) is 0 Å². The van der Waals surface area contributed by atoms with Crippen molar-refractivity contribution in [3.05, 3.63) is 23.3 Å². The van der Waals surface area contributed by atoms with Crippen LogP contribution in [0.3, 0.4) is 0 Å². The number of rotatable bonds is 2. The number of fused-ring (bicyclic) bond motifs is 1. The standard InChI is InChI=1S/C9H7NO3S/c1-13-7-5-2-3-10-4-6(5)14-8(7)9(11)12/h2-4H,1H3,(H,11,12). The Morgan fingerprint density at radius 1 is 1.64 bits per heavy atom. The van der Waals surface area contributed by atoms with E-state index in [4.69, 9.17) is 9.84 Å². The van der Waals surface area contributed by atoms with Crippen LogP contribution in [0, 0.1) is 0 Å². The maximum atomic E-state index is 10.9. The zero-order valence-electron chi connectivity index (χ0n) is 7.35. The molecule has 14 heavy (non-hydrogen) atoms. The smallest absolute Gasteiger partial charge is 0.349 e. The first-order valence-corrected chi connectivity index (χ1v) is 4.69. The molecule has 0 fully saturated rings. The third-order valence-electron chi connectivity index (χ3n) is 1.85. The minimum Gasteiger partial charge on any atom is -0.494 e. The molecule has 0 aliphatic carbocycles. The van der Waals surface area contributed by atoms with Crippen molar-refractivity contribution in [2.75, 3.05) is 7.11 Å². The highest BCUT2D eigenvalue weighted by atomic mass is 32.1. The van der Waals surface area contributed by atoms with E-state index in [-0.39, 0.29) is 4.88 Å². The Morgan fingerprint density at radius 3 is 3.07 bits per heavy atom. The van der Waals surface area contributed by atoms with Crippen LogP contribution >= 0.6 is 11.3 Å². The molecule has 2 aromatic rings. The summed E-state index contributed by atoms with van der Waals surface area (Å²) in [7, 11) is 1.47. The minimum atomic E-state index is -0.969. The van der Waals surface area contributed by atoms with Gasteiger partial charge in [0.2, 0.25) is 0 Å². The fourth-order valence-corrected chi connectivity index (χ4v) is 2.25. The van der Waals surface area contributed by atoms with Gasteiger partial charge >= 0.3 is 5.97 Å². The number of carboxylic acid groups (broad SMARTS) is 1. The molecule has 0 spiro atoms. The first kappa shape index (κ1) is 8.96. The summed E-state index contributed by atoms with van der Waals surface area (Å²) in [5, 5.41) is 9.70. The monoisotopic (exact) mass is 209 g/mol. The van der Waals surface area contributed by atoms with Gasteiger partial charge in [-0.25, -0.2) is 4.79 Å². The number of aromatic nitrogens is 1. The molecule has 2 rings (SSSR count). The van der Waals surface area contributed by atoms with Gasteiger partial charge in [-0.1, -0.05) is 0 Å². The Hall–Kier alpha value is -1.62. The molecule has 5 heteroatoms. The lowest BCUT2D eigenvalue weighted by molar-refractivity contribution is 0.0699. The average molecular weight is 209 g/mol. The summed E-state index contributed by atoms with van der Waals surface area (Å²) in [6.45, 7) is 0. The Kier molecular flexibility index (Phi) is 2.09. The van der Waals surface area contributed by atoms with Gasteiger partial charge in [-0.15, -0.1) is 11.3 Å². The van der Waals surface area contributed by atoms with Crippen LogP contribution in [0.5, 0.6) is 5.75 Å². The molecule has 2 heterocycles. The van der Waals surface area contributed by atoms with E-state index in [0.29, 0.717) is 5.75 Å². The number of methoxy groups -OCH3 is 1. The molecule has 0 bridgehead atoms. The Bertz CT molecular complexity index is 492. The molecule has 1 N–H and O–H groups in total. The number of hydrogen-bond acceptors (Lipinski definition) is 4. The molecule has 0 saturated heterocycles. The Labute approximate surface area is 83.8 Å². The minimum absolute atomic E-state index is 0.218. The van der Waals surface area contributed by atoms with Crippen molar-refractivity contribution in [3.63, 3.8) is 0 Å². The molecule has 0 atom stereocenters. The summed E-state index contributed by atoms with van der Waals surface area (Å²) in [6, 6.07) is 1.75. The van der Waals surface area contributed by atoms with Crippen LogP contribution in [-0.2, 0) is 0 Å². The van der Waals surface area contributed by atoms with Crippen molar-refractivity contribution < 1.29 is 14.6 Å². The van der Waals surface area contributed by atoms with E-state index >= 15 is 0 Å². The van der Waals surface area contributed by atoms with E-state index in [0.717, 1.165) is 10.1 Å². The van der Waals surface area contributed by atoms with Crippen molar-refractivity contribution in [2.24, 2.45) is 0 Å². The van der Waals surface area contributed by atoms with Crippen molar-refractivity contribution in [1.29, 1.82) is 0 Å². The number of aromatic carboxylic acids is 1. The molecular weight excluding hydrogens is 202 g/mol. The number of pyridine rings is 1. The second kappa shape index (κ2) is 3.26. The number of carbonyl (C=O) groups is 1. The lowest BCUT2D eigenvalue weighted by Gasteiger charge is -1.97. The lowest BCUT2D eigenvalue weighted by Crippen LogP contribution is -1.95. The van der Waals surface area contributed by atoms with Gasteiger partial charge in [-0.05, 0) is 6.07 Å². The maximum Gasteiger partial charge on any atom is 0.349 e. The van der Waals surface area contributed by atoms with E-state index < -0.39 is 5.97 Å². The zero-order chi connectivity index (χ0) is 10.1. The summed E-state index contributed by atoms with van der Waals surface area (Å²) in [4.78, 5) is 15.0. The number of nitrogens with zero attached hydrogens (tertiary/aromatic N) is 1. The number of hydrogen-bond donors (Lipinski definition) is 1. The van der Waals surface area contributed by atoms with Crippen LogP contribution in [0.1, 0.15) is 9.67 Å². The number of thiophene rings is 1. The normalized spacial score (nSPS) is 10.4. The highest BCUT2D eigenvalue weighted by Crippen LogP contribution is 2.36. The van der Waals surface area contributed by atoms with Gasteiger partial charge in [0.05, 0.1) is 11.8 Å². The second-order valence-corrected chi connectivity index (χ2v) is 3.69. The third-order valence-corrected chi connectivity index (χ3v) is 2.96. The van der Waals surface area contributed by atoms with E-state index in [9.17, 15) is 4.79 Å². The molecule has 0 radical (unpaired) electrons. The van der Waals surface area contributed by atoms with Crippen molar-refractivity contribution in [3.8, 4) is 5.75 Å². The molecule has 0 unspecified atom stereocenters. The summed E-state index contributed by atoms with van der Waals surface area (Å²) in [5.74, 6) is -0.553. The topological polar surface area (TPSA) is 59.4 Å². The quantitative estimate of drug-likeness (QED) is 0.821. The van der Waals surface area contributed by atoms with Crippen molar-refractivity contribution in [2.45, 2.75) is 0 Å². The van der Waals surface area contributed by atoms with Gasteiger partial charge in [-0.3, -0.25) is 4.98 Å². The zero-order valence-corrected chi connectivity index (χ0v) is 8.17. The van der Waals surface area contributed by atoms with Gasteiger partial charge < -0.3 is 9.84 Å². The number of ether oxygens (including phenoxy) is 1. The summed E-state index contributed by atoms with van der Waals surface area (Å²) in [6.07, 6.45) is 3.25. The predicted molar refractivity (Wildman–Crippen MR) is 53.1 cm³/mol. The largest absolute Gasteiger partial charge is 0.494 e. The van der Waals surface area contributed by atoms with Gasteiger partial charge in [0.1, 0.15) is 0 Å². The fourth-order valence-electron chi connectivity index (χ4n) is 1.27. The van der Waals surface area contributed by atoms with Crippen LogP contribution in [0.4, 0.5) is 0 Å². The van der Waals surface area contributed by atoms with Crippen LogP contribution < -0.4 is 4.74 Å². The molecule has 0 amide bonds. The van der Waals surface area contributed by atoms with E-state index in [1.165, 1.54) is 18.4 Å². The SMILES string of the molecule is COc1c(C(=O)O)sc2cnccc12. The summed E-state index contributed by atoms with van der Waals surface area (Å²) >= 11 is 1.17. The van der Waals surface area contributed by atoms with Crippen LogP contribution in [-0.4, -0.2) is 23.2 Å². The second-order valence-electron chi connectivity index (χ2n) is 2.64. The summed E-state index contributed by atoms with van der Waals surface area (Å²) < 4.78 is 5.88. The first-order valence-electron chi connectivity index (χ1n) is 3.88. The molecule has 0 aromatic carbocycles. The Balaban J connectivity index is 2.78. The summed E-state index contributed by atoms with van der Waals surface area (Å²) in [5.41, 5.74) is 0. The third kappa shape index (κ3) is 1.22. The number of carboxylic acids is 1. The lowest BCUT2D eigenvalue weighted by atomic mass is 10.3. The highest BCUT2D eigenvalue weighted by Gasteiger charge is 2.17. The van der Waals surface area contributed by atoms with Crippen LogP contribution in [0.25, 0.3) is 10.1 Å². The molecule has 0 aliphatic rings. The molecule has 0 aliphatic heterocycles. The molecular formula is C9H7NO3S. The predicted octanol–water partition coefficient (Wildman–Crippen LogP) is 2.00. The average Bonchev–Trinajstić information content (AvgIpc) is 2.56. The Morgan fingerprint density at radius 2 is 2.43 bits per heavy atom. The van der Waals surface area contributed by atoms with E-state index in [2.05, 4.69) is 4.98 Å². The molecule has 72 valence electrons. The molecule has 0 saturated carbocycles. The maximum absolute atomic E-state index is 10.9. The van der Waals surface area contributed by atoms with Gasteiger partial charge in [0.25, 0.3) is 0 Å². The van der Waals surface area contributed by atoms with Gasteiger partial charge in [0.15, 0.2) is 10.6 Å². The van der Waals surface area contributed by atoms with Gasteiger partial charge in [0, 0.05) is 17.8 Å². The van der Waals surface area contributed by atoms with Crippen molar-refractivity contribution in [1.82, 2.24) is 4.98 Å². The molecule has 2 aromatic heterocycles. The molecule has 4 nitrogen and oxygen atoms in total. The van der Waals surface area contributed by atoms with Gasteiger partial charge in [-0.2, -0.15) is 0 Å². The van der Waals surface area contributed by atoms with Crippen molar-refractivity contribution >= 4 is 27.4 Å². The first-order chi connectivity index (χ1) is 6.74. The van der Waals surface area contributed by atoms with E-state index in [1.54, 1.807) is 18.5 Å². The fraction of sp³-hybridized carbons (Fsp3) is 0.111. The highest BCUT2D eigenvalue weighted by molar-refractivity contribution is 7.21. The van der Waals surface area contributed by atoms with E-state index in [1.807, 2.05) is 0 Å².